The van der Waals surface area contributed by atoms with Crippen LogP contribution >= 0.6 is 0 Å². The Labute approximate surface area is 106 Å². The number of hydrogen-bond acceptors (Lipinski definition) is 2. The van der Waals surface area contributed by atoms with Gasteiger partial charge in [-0.3, -0.25) is 0 Å². The van der Waals surface area contributed by atoms with Crippen molar-refractivity contribution in [2.45, 2.75) is 51.7 Å². The second-order valence-corrected chi connectivity index (χ2v) is 11.1. The van der Waals surface area contributed by atoms with Crippen LogP contribution in [0.15, 0.2) is 12.5 Å². The minimum Gasteiger partial charge on any atom is -0.417 e. The van der Waals surface area contributed by atoms with Crippen molar-refractivity contribution in [3.05, 3.63) is 18.2 Å². The first-order chi connectivity index (χ1) is 7.72. The molecule has 1 aromatic heterocycles. The van der Waals surface area contributed by atoms with E-state index < -0.39 is 8.32 Å². The van der Waals surface area contributed by atoms with Crippen molar-refractivity contribution in [1.82, 2.24) is 9.55 Å². The van der Waals surface area contributed by atoms with Crippen molar-refractivity contribution in [2.75, 3.05) is 6.61 Å². The van der Waals surface area contributed by atoms with E-state index in [1.807, 2.05) is 17.9 Å². The SMILES string of the molecule is Cn1cnc(CCCO[Si](C)(C)C(C)(C)C)c1. The fourth-order valence-electron chi connectivity index (χ4n) is 1.39. The third-order valence-corrected chi connectivity index (χ3v) is 8.14. The van der Waals surface area contributed by atoms with Gasteiger partial charge >= 0.3 is 0 Å². The predicted octanol–water partition coefficient (Wildman–Crippen LogP) is 3.37. The molecule has 0 saturated heterocycles. The summed E-state index contributed by atoms with van der Waals surface area (Å²) in [5, 5.41) is 0.304. The van der Waals surface area contributed by atoms with Crippen molar-refractivity contribution in [2.24, 2.45) is 7.05 Å². The van der Waals surface area contributed by atoms with Crippen LogP contribution in [0.4, 0.5) is 0 Å². The molecule has 0 aliphatic rings. The van der Waals surface area contributed by atoms with Gasteiger partial charge in [-0.25, -0.2) is 4.98 Å². The van der Waals surface area contributed by atoms with E-state index in [1.165, 1.54) is 0 Å². The molecule has 1 rings (SSSR count). The molecule has 0 saturated carbocycles. The molecule has 98 valence electrons. The maximum atomic E-state index is 6.13. The summed E-state index contributed by atoms with van der Waals surface area (Å²) in [5.74, 6) is 0. The number of aryl methyl sites for hydroxylation is 2. The minimum atomic E-state index is -1.56. The van der Waals surface area contributed by atoms with Crippen LogP contribution in [0, 0.1) is 0 Å². The molecule has 0 unspecified atom stereocenters. The van der Waals surface area contributed by atoms with E-state index in [0.29, 0.717) is 5.04 Å². The number of hydrogen-bond donors (Lipinski definition) is 0. The van der Waals surface area contributed by atoms with E-state index in [1.54, 1.807) is 0 Å². The summed E-state index contributed by atoms with van der Waals surface area (Å²) in [6, 6.07) is 0. The molecule has 0 fully saturated rings. The second-order valence-electron chi connectivity index (χ2n) is 6.24. The Morgan fingerprint density at radius 1 is 1.35 bits per heavy atom. The first-order valence-corrected chi connectivity index (χ1v) is 9.24. The summed E-state index contributed by atoms with van der Waals surface area (Å²) in [6.45, 7) is 12.3. The largest absolute Gasteiger partial charge is 0.417 e. The smallest absolute Gasteiger partial charge is 0.191 e. The number of aromatic nitrogens is 2. The summed E-state index contributed by atoms with van der Waals surface area (Å²) in [4.78, 5) is 4.32. The Morgan fingerprint density at radius 2 is 2.00 bits per heavy atom. The molecule has 0 aliphatic carbocycles. The summed E-state index contributed by atoms with van der Waals surface area (Å²) in [7, 11) is 0.439. The molecule has 0 atom stereocenters. The molecule has 0 N–H and O–H groups in total. The van der Waals surface area contributed by atoms with Crippen molar-refractivity contribution < 1.29 is 4.43 Å². The lowest BCUT2D eigenvalue weighted by Crippen LogP contribution is -2.41. The van der Waals surface area contributed by atoms with E-state index in [4.69, 9.17) is 4.43 Å². The van der Waals surface area contributed by atoms with Crippen LogP contribution in [0.3, 0.4) is 0 Å². The quantitative estimate of drug-likeness (QED) is 0.595. The fraction of sp³-hybridized carbons (Fsp3) is 0.769. The Morgan fingerprint density at radius 3 is 2.47 bits per heavy atom. The van der Waals surface area contributed by atoms with Crippen LogP contribution in [0.1, 0.15) is 32.9 Å². The lowest BCUT2D eigenvalue weighted by Gasteiger charge is -2.36. The molecule has 0 amide bonds. The van der Waals surface area contributed by atoms with Gasteiger partial charge in [0, 0.05) is 19.9 Å². The van der Waals surface area contributed by atoms with E-state index in [-0.39, 0.29) is 0 Å². The molecule has 0 aromatic carbocycles. The van der Waals surface area contributed by atoms with Crippen molar-refractivity contribution >= 4 is 8.32 Å². The van der Waals surface area contributed by atoms with Gasteiger partial charge in [-0.15, -0.1) is 0 Å². The molecular formula is C13H26N2OSi. The first kappa shape index (κ1) is 14.4. The topological polar surface area (TPSA) is 27.1 Å². The van der Waals surface area contributed by atoms with Gasteiger partial charge in [0.25, 0.3) is 0 Å². The third kappa shape index (κ3) is 4.28. The molecule has 1 heterocycles. The Bertz CT molecular complexity index is 353. The zero-order chi connectivity index (χ0) is 13.1. The average Bonchev–Trinajstić information content (AvgIpc) is 2.57. The van der Waals surface area contributed by atoms with Crippen molar-refractivity contribution in [1.29, 1.82) is 0 Å². The van der Waals surface area contributed by atoms with Gasteiger partial charge < -0.3 is 8.99 Å². The number of nitrogens with zero attached hydrogens (tertiary/aromatic N) is 2. The monoisotopic (exact) mass is 254 g/mol. The van der Waals surface area contributed by atoms with Crippen LogP contribution in [-0.2, 0) is 17.9 Å². The molecule has 0 spiro atoms. The highest BCUT2D eigenvalue weighted by atomic mass is 28.4. The lowest BCUT2D eigenvalue weighted by molar-refractivity contribution is 0.282. The summed E-state index contributed by atoms with van der Waals surface area (Å²) in [5.41, 5.74) is 1.16. The van der Waals surface area contributed by atoms with Crippen LogP contribution < -0.4 is 0 Å². The fourth-order valence-corrected chi connectivity index (χ4v) is 2.48. The molecule has 3 nitrogen and oxygen atoms in total. The summed E-state index contributed by atoms with van der Waals surface area (Å²) >= 11 is 0. The number of rotatable bonds is 5. The molecule has 1 aromatic rings. The normalized spacial score (nSPS) is 13.1. The van der Waals surface area contributed by atoms with Gasteiger partial charge in [-0.05, 0) is 31.0 Å². The van der Waals surface area contributed by atoms with Gasteiger partial charge in [0.2, 0.25) is 0 Å². The highest BCUT2D eigenvalue weighted by Crippen LogP contribution is 2.36. The van der Waals surface area contributed by atoms with Crippen LogP contribution in [0.2, 0.25) is 18.1 Å². The molecule has 0 radical (unpaired) electrons. The summed E-state index contributed by atoms with van der Waals surface area (Å²) in [6.07, 6.45) is 6.00. The van der Waals surface area contributed by atoms with Gasteiger partial charge in [-0.2, -0.15) is 0 Å². The first-order valence-electron chi connectivity index (χ1n) is 6.33. The molecule has 4 heteroatoms. The number of imidazole rings is 1. The Hall–Kier alpha value is -0.613. The Kier molecular flexibility index (Phi) is 4.55. The summed E-state index contributed by atoms with van der Waals surface area (Å²) < 4.78 is 8.12. The van der Waals surface area contributed by atoms with E-state index in [0.717, 1.165) is 25.1 Å². The lowest BCUT2D eigenvalue weighted by atomic mass is 10.2. The maximum absolute atomic E-state index is 6.13. The Balaban J connectivity index is 2.29. The van der Waals surface area contributed by atoms with Crippen LogP contribution in [0.5, 0.6) is 0 Å². The van der Waals surface area contributed by atoms with Gasteiger partial charge in [0.1, 0.15) is 0 Å². The molecule has 0 bridgehead atoms. The van der Waals surface area contributed by atoms with E-state index >= 15 is 0 Å². The molecule has 17 heavy (non-hydrogen) atoms. The minimum absolute atomic E-state index is 0.304. The van der Waals surface area contributed by atoms with Crippen LogP contribution in [-0.4, -0.2) is 24.5 Å². The predicted molar refractivity (Wildman–Crippen MR) is 74.7 cm³/mol. The van der Waals surface area contributed by atoms with Crippen LogP contribution in [0.25, 0.3) is 0 Å². The zero-order valence-electron chi connectivity index (χ0n) is 12.1. The molecule has 0 aliphatic heterocycles. The van der Waals surface area contributed by atoms with Gasteiger partial charge in [0.05, 0.1) is 12.0 Å². The third-order valence-electron chi connectivity index (χ3n) is 3.60. The second kappa shape index (κ2) is 5.36. The average molecular weight is 254 g/mol. The van der Waals surface area contributed by atoms with E-state index in [2.05, 4.69) is 45.0 Å². The maximum Gasteiger partial charge on any atom is 0.191 e. The highest BCUT2D eigenvalue weighted by molar-refractivity contribution is 6.74. The molecular weight excluding hydrogens is 228 g/mol. The van der Waals surface area contributed by atoms with Gasteiger partial charge in [0.15, 0.2) is 8.32 Å². The highest BCUT2D eigenvalue weighted by Gasteiger charge is 2.36. The van der Waals surface area contributed by atoms with Crippen molar-refractivity contribution in [3.63, 3.8) is 0 Å². The van der Waals surface area contributed by atoms with E-state index in [9.17, 15) is 0 Å². The zero-order valence-corrected chi connectivity index (χ0v) is 13.1. The van der Waals surface area contributed by atoms with Gasteiger partial charge in [-0.1, -0.05) is 20.8 Å². The van der Waals surface area contributed by atoms with Crippen molar-refractivity contribution in [3.8, 4) is 0 Å². The standard InChI is InChI=1S/C13H26N2OSi/c1-13(2,3)17(5,6)16-9-7-8-12-10-15(4)11-14-12/h10-11H,7-9H2,1-6H3.